The predicted molar refractivity (Wildman–Crippen MR) is 108 cm³/mol. The van der Waals surface area contributed by atoms with Crippen molar-refractivity contribution in [2.75, 3.05) is 42.6 Å². The standard InChI is InChI=1S/C22H21N3O5/c26-20-14-29-10-9-24(20)16-5-7-17(8-6-16)25-13-18(30-22(25)28)12-23-11-15-3-1-2-4-19(15)21(23)27/h1-8,18H,9-14H2. The Morgan fingerprint density at radius 1 is 0.933 bits per heavy atom. The lowest BCUT2D eigenvalue weighted by Crippen LogP contribution is -2.41. The number of fused-ring (bicyclic) bond motifs is 1. The number of hydrogen-bond donors (Lipinski definition) is 0. The van der Waals surface area contributed by atoms with Crippen LogP contribution in [0, 0.1) is 0 Å². The van der Waals surface area contributed by atoms with Crippen LogP contribution in [0.2, 0.25) is 0 Å². The van der Waals surface area contributed by atoms with Gasteiger partial charge in [-0.25, -0.2) is 4.79 Å². The molecule has 154 valence electrons. The maximum Gasteiger partial charge on any atom is 0.414 e. The number of hydrogen-bond acceptors (Lipinski definition) is 5. The molecule has 5 rings (SSSR count). The number of carbonyl (C=O) groups is 3. The van der Waals surface area contributed by atoms with E-state index < -0.39 is 12.2 Å². The minimum Gasteiger partial charge on any atom is -0.442 e. The lowest BCUT2D eigenvalue weighted by molar-refractivity contribution is -0.125. The quantitative estimate of drug-likeness (QED) is 0.775. The average Bonchev–Trinajstić information content (AvgIpc) is 3.28. The zero-order chi connectivity index (χ0) is 20.7. The fourth-order valence-electron chi connectivity index (χ4n) is 4.14. The van der Waals surface area contributed by atoms with Crippen molar-refractivity contribution in [2.45, 2.75) is 12.6 Å². The van der Waals surface area contributed by atoms with E-state index in [4.69, 9.17) is 9.47 Å². The van der Waals surface area contributed by atoms with Crippen LogP contribution in [0.25, 0.3) is 0 Å². The van der Waals surface area contributed by atoms with E-state index >= 15 is 0 Å². The van der Waals surface area contributed by atoms with Crippen LogP contribution in [0.5, 0.6) is 0 Å². The second-order valence-electron chi connectivity index (χ2n) is 7.57. The SMILES string of the molecule is O=C1c2ccccc2CN1CC1CN(c2ccc(N3CCOCC3=O)cc2)C(=O)O1. The van der Waals surface area contributed by atoms with Crippen LogP contribution in [0.15, 0.2) is 48.5 Å². The fourth-order valence-corrected chi connectivity index (χ4v) is 4.14. The van der Waals surface area contributed by atoms with Gasteiger partial charge in [-0.2, -0.15) is 0 Å². The van der Waals surface area contributed by atoms with Crippen LogP contribution in [0.3, 0.4) is 0 Å². The lowest BCUT2D eigenvalue weighted by atomic mass is 10.1. The molecule has 2 aromatic rings. The van der Waals surface area contributed by atoms with Crippen molar-refractivity contribution in [2.24, 2.45) is 0 Å². The molecule has 1 unspecified atom stereocenters. The molecule has 2 fully saturated rings. The Morgan fingerprint density at radius 2 is 1.67 bits per heavy atom. The molecular weight excluding hydrogens is 386 g/mol. The largest absolute Gasteiger partial charge is 0.442 e. The molecule has 0 saturated carbocycles. The molecule has 0 bridgehead atoms. The van der Waals surface area contributed by atoms with E-state index in [1.807, 2.05) is 36.4 Å². The number of rotatable bonds is 4. The number of carbonyl (C=O) groups excluding carboxylic acids is 3. The number of benzene rings is 2. The number of nitrogens with zero attached hydrogens (tertiary/aromatic N) is 3. The highest BCUT2D eigenvalue weighted by atomic mass is 16.6. The van der Waals surface area contributed by atoms with Crippen LogP contribution in [0.1, 0.15) is 15.9 Å². The van der Waals surface area contributed by atoms with Gasteiger partial charge < -0.3 is 19.3 Å². The van der Waals surface area contributed by atoms with Crippen LogP contribution in [-0.2, 0) is 20.8 Å². The van der Waals surface area contributed by atoms with Crippen molar-refractivity contribution in [3.8, 4) is 0 Å². The Morgan fingerprint density at radius 3 is 2.40 bits per heavy atom. The molecule has 0 aliphatic carbocycles. The zero-order valence-electron chi connectivity index (χ0n) is 16.3. The van der Waals surface area contributed by atoms with Crippen molar-refractivity contribution in [3.05, 3.63) is 59.7 Å². The summed E-state index contributed by atoms with van der Waals surface area (Å²) in [5.74, 6) is -0.106. The first-order valence-corrected chi connectivity index (χ1v) is 9.93. The van der Waals surface area contributed by atoms with Crippen molar-refractivity contribution in [3.63, 3.8) is 0 Å². The van der Waals surface area contributed by atoms with Crippen molar-refractivity contribution >= 4 is 29.3 Å². The summed E-state index contributed by atoms with van der Waals surface area (Å²) in [6.07, 6.45) is -0.824. The van der Waals surface area contributed by atoms with E-state index in [1.165, 1.54) is 0 Å². The van der Waals surface area contributed by atoms with Gasteiger partial charge in [0.1, 0.15) is 12.7 Å². The van der Waals surface area contributed by atoms with E-state index in [-0.39, 0.29) is 18.4 Å². The summed E-state index contributed by atoms with van der Waals surface area (Å²) in [6, 6.07) is 14.8. The molecule has 2 aromatic carbocycles. The smallest absolute Gasteiger partial charge is 0.414 e. The molecule has 3 heterocycles. The van der Waals surface area contributed by atoms with Crippen molar-refractivity contribution in [1.82, 2.24) is 4.90 Å². The fraction of sp³-hybridized carbons (Fsp3) is 0.318. The molecular formula is C22H21N3O5. The first kappa shape index (κ1) is 18.6. The Labute approximate surface area is 173 Å². The average molecular weight is 407 g/mol. The minimum absolute atomic E-state index is 0.0281. The van der Waals surface area contributed by atoms with Gasteiger partial charge in [0.05, 0.1) is 19.7 Å². The van der Waals surface area contributed by atoms with Gasteiger partial charge >= 0.3 is 6.09 Å². The maximum atomic E-state index is 12.6. The molecule has 3 amide bonds. The molecule has 0 spiro atoms. The highest BCUT2D eigenvalue weighted by Gasteiger charge is 2.36. The number of ether oxygens (including phenoxy) is 2. The third kappa shape index (κ3) is 3.29. The third-order valence-corrected chi connectivity index (χ3v) is 5.65. The lowest BCUT2D eigenvalue weighted by Gasteiger charge is -2.27. The summed E-state index contributed by atoms with van der Waals surface area (Å²) >= 11 is 0. The van der Waals surface area contributed by atoms with Crippen LogP contribution in [0.4, 0.5) is 16.2 Å². The summed E-state index contributed by atoms with van der Waals surface area (Å²) in [6.45, 7) is 2.36. The summed E-state index contributed by atoms with van der Waals surface area (Å²) in [5, 5.41) is 0. The van der Waals surface area contributed by atoms with E-state index in [1.54, 1.807) is 26.8 Å². The Bertz CT molecular complexity index is 1010. The highest BCUT2D eigenvalue weighted by molar-refractivity contribution is 5.98. The Balaban J connectivity index is 1.24. The summed E-state index contributed by atoms with van der Waals surface area (Å²) < 4.78 is 10.7. The Kier molecular flexibility index (Phi) is 4.63. The van der Waals surface area contributed by atoms with E-state index in [0.29, 0.717) is 44.0 Å². The molecule has 30 heavy (non-hydrogen) atoms. The molecule has 8 nitrogen and oxygen atoms in total. The third-order valence-electron chi connectivity index (χ3n) is 5.65. The highest BCUT2D eigenvalue weighted by Crippen LogP contribution is 2.28. The van der Waals surface area contributed by atoms with E-state index in [0.717, 1.165) is 11.3 Å². The minimum atomic E-state index is -0.431. The Hall–Kier alpha value is -3.39. The van der Waals surface area contributed by atoms with Gasteiger partial charge in [-0.1, -0.05) is 18.2 Å². The van der Waals surface area contributed by atoms with Gasteiger partial charge in [-0.05, 0) is 35.9 Å². The second kappa shape index (κ2) is 7.46. The molecule has 0 radical (unpaired) electrons. The first-order valence-electron chi connectivity index (χ1n) is 9.93. The second-order valence-corrected chi connectivity index (χ2v) is 7.57. The topological polar surface area (TPSA) is 79.4 Å². The van der Waals surface area contributed by atoms with Gasteiger partial charge in [0, 0.05) is 30.0 Å². The first-order chi connectivity index (χ1) is 14.6. The van der Waals surface area contributed by atoms with Gasteiger partial charge in [0.2, 0.25) is 0 Å². The number of cyclic esters (lactones) is 1. The molecule has 0 aromatic heterocycles. The molecule has 3 aliphatic rings. The number of anilines is 2. The van der Waals surface area contributed by atoms with Crippen LogP contribution in [-0.4, -0.2) is 61.8 Å². The number of morpholine rings is 1. The van der Waals surface area contributed by atoms with Gasteiger partial charge in [0.15, 0.2) is 0 Å². The number of amides is 3. The van der Waals surface area contributed by atoms with Crippen LogP contribution >= 0.6 is 0 Å². The monoisotopic (exact) mass is 407 g/mol. The maximum absolute atomic E-state index is 12.6. The molecule has 8 heteroatoms. The normalized spacial score (nSPS) is 21.3. The molecule has 0 N–H and O–H groups in total. The molecule has 2 saturated heterocycles. The van der Waals surface area contributed by atoms with Gasteiger partial charge in [0.25, 0.3) is 11.8 Å². The molecule has 3 aliphatic heterocycles. The van der Waals surface area contributed by atoms with Gasteiger partial charge in [-0.3, -0.25) is 14.5 Å². The van der Waals surface area contributed by atoms with E-state index in [2.05, 4.69) is 0 Å². The van der Waals surface area contributed by atoms with Crippen LogP contribution < -0.4 is 9.80 Å². The summed E-state index contributed by atoms with van der Waals surface area (Å²) in [5.41, 5.74) is 3.18. The molecule has 1 atom stereocenters. The van der Waals surface area contributed by atoms with Crippen molar-refractivity contribution < 1.29 is 23.9 Å². The summed E-state index contributed by atoms with van der Waals surface area (Å²) in [4.78, 5) is 41.9. The summed E-state index contributed by atoms with van der Waals surface area (Å²) in [7, 11) is 0. The van der Waals surface area contributed by atoms with Gasteiger partial charge in [-0.15, -0.1) is 0 Å². The van der Waals surface area contributed by atoms with E-state index in [9.17, 15) is 14.4 Å². The zero-order valence-corrected chi connectivity index (χ0v) is 16.3. The van der Waals surface area contributed by atoms with Crippen molar-refractivity contribution in [1.29, 1.82) is 0 Å². The predicted octanol–water partition coefficient (Wildman–Crippen LogP) is 2.03.